The number of para-hydroxylation sites is 2. The van der Waals surface area contributed by atoms with Gasteiger partial charge in [-0.15, -0.1) is 0 Å². The highest BCUT2D eigenvalue weighted by molar-refractivity contribution is 7.92. The van der Waals surface area contributed by atoms with Gasteiger partial charge in [-0.2, -0.15) is 0 Å². The van der Waals surface area contributed by atoms with E-state index in [0.29, 0.717) is 30.3 Å². The number of aryl methyl sites for hydroxylation is 1. The number of likely N-dealkylation sites (N-methyl/N-ethyl adjacent to an activating group) is 1. The summed E-state index contributed by atoms with van der Waals surface area (Å²) in [5.74, 6) is -0.508. The molecule has 214 valence electrons. The molecule has 40 heavy (non-hydrogen) atoms. The molecule has 0 aromatic heterocycles. The van der Waals surface area contributed by atoms with E-state index < -0.39 is 28.5 Å². The first kappa shape index (κ1) is 31.0. The van der Waals surface area contributed by atoms with E-state index in [0.717, 1.165) is 15.4 Å². The molecule has 3 aromatic carbocycles. The van der Waals surface area contributed by atoms with Gasteiger partial charge in [0, 0.05) is 18.1 Å². The standard InChI is InChI=1S/C30H36ClN3O5S/c1-5-26(30(36)32-6-2)33(20-23-14-12-22(4)13-15-23)29(35)21-34(27-10-8-9-11-28(27)39-7-3)40(37,38)25-18-16-24(31)17-19-25/h8-19,26H,5-7,20-21H2,1-4H3,(H,32,36)/t26-/m1/s1. The highest BCUT2D eigenvalue weighted by Crippen LogP contribution is 2.33. The van der Waals surface area contributed by atoms with Crippen LogP contribution in [-0.2, 0) is 26.2 Å². The Morgan fingerprint density at radius 2 is 1.60 bits per heavy atom. The molecule has 0 bridgehead atoms. The predicted molar refractivity (Wildman–Crippen MR) is 158 cm³/mol. The highest BCUT2D eigenvalue weighted by Gasteiger charge is 2.34. The van der Waals surface area contributed by atoms with Crippen molar-refractivity contribution in [1.82, 2.24) is 10.2 Å². The van der Waals surface area contributed by atoms with Crippen LogP contribution in [0.3, 0.4) is 0 Å². The fourth-order valence-electron chi connectivity index (χ4n) is 4.29. The number of anilines is 1. The van der Waals surface area contributed by atoms with Crippen molar-refractivity contribution in [3.05, 3.63) is 88.9 Å². The molecule has 0 saturated heterocycles. The number of halogens is 1. The van der Waals surface area contributed by atoms with Crippen LogP contribution in [0.4, 0.5) is 5.69 Å². The summed E-state index contributed by atoms with van der Waals surface area (Å²) in [6.45, 7) is 7.68. The van der Waals surface area contributed by atoms with E-state index in [4.69, 9.17) is 16.3 Å². The minimum absolute atomic E-state index is 0.0307. The first-order valence-corrected chi connectivity index (χ1v) is 15.1. The lowest BCUT2D eigenvalue weighted by molar-refractivity contribution is -0.140. The van der Waals surface area contributed by atoms with Crippen LogP contribution in [0.1, 0.15) is 38.3 Å². The molecule has 1 N–H and O–H groups in total. The number of hydrogen-bond donors (Lipinski definition) is 1. The highest BCUT2D eigenvalue weighted by atomic mass is 35.5. The molecule has 0 fully saturated rings. The van der Waals surface area contributed by atoms with Gasteiger partial charge in [0.25, 0.3) is 10.0 Å². The van der Waals surface area contributed by atoms with Gasteiger partial charge in [0.15, 0.2) is 0 Å². The van der Waals surface area contributed by atoms with Gasteiger partial charge in [-0.25, -0.2) is 8.42 Å². The molecule has 0 heterocycles. The summed E-state index contributed by atoms with van der Waals surface area (Å²) in [5.41, 5.74) is 2.10. The van der Waals surface area contributed by atoms with E-state index in [1.807, 2.05) is 45.0 Å². The van der Waals surface area contributed by atoms with Crippen molar-refractivity contribution in [2.24, 2.45) is 0 Å². The molecule has 10 heteroatoms. The summed E-state index contributed by atoms with van der Waals surface area (Å²) in [6, 6.07) is 19.3. The van der Waals surface area contributed by atoms with Gasteiger partial charge in [0.1, 0.15) is 18.3 Å². The monoisotopic (exact) mass is 585 g/mol. The second kappa shape index (κ2) is 14.2. The number of amides is 2. The maximum Gasteiger partial charge on any atom is 0.264 e. The third kappa shape index (κ3) is 7.55. The second-order valence-electron chi connectivity index (χ2n) is 9.19. The Hall–Kier alpha value is -3.56. The van der Waals surface area contributed by atoms with Crippen LogP contribution in [0.25, 0.3) is 0 Å². The van der Waals surface area contributed by atoms with Crippen LogP contribution < -0.4 is 14.4 Å². The smallest absolute Gasteiger partial charge is 0.264 e. The largest absolute Gasteiger partial charge is 0.492 e. The van der Waals surface area contributed by atoms with Crippen molar-refractivity contribution in [2.75, 3.05) is 24.0 Å². The van der Waals surface area contributed by atoms with Crippen LogP contribution >= 0.6 is 11.6 Å². The van der Waals surface area contributed by atoms with Crippen molar-refractivity contribution in [2.45, 2.75) is 51.6 Å². The fraction of sp³-hybridized carbons (Fsp3) is 0.333. The minimum Gasteiger partial charge on any atom is -0.492 e. The zero-order valence-corrected chi connectivity index (χ0v) is 24.8. The molecule has 8 nitrogen and oxygen atoms in total. The molecule has 0 aliphatic heterocycles. The third-order valence-corrected chi connectivity index (χ3v) is 8.35. The Kier molecular flexibility index (Phi) is 11.0. The molecule has 0 unspecified atom stereocenters. The number of carbonyl (C=O) groups excluding carboxylic acids is 2. The van der Waals surface area contributed by atoms with Crippen molar-refractivity contribution < 1.29 is 22.7 Å². The first-order chi connectivity index (χ1) is 19.1. The predicted octanol–water partition coefficient (Wildman–Crippen LogP) is 5.19. The molecule has 3 aromatic rings. The lowest BCUT2D eigenvalue weighted by atomic mass is 10.1. The maximum absolute atomic E-state index is 14.1. The number of nitrogens with one attached hydrogen (secondary N) is 1. The second-order valence-corrected chi connectivity index (χ2v) is 11.5. The van der Waals surface area contributed by atoms with Crippen molar-refractivity contribution in [3.8, 4) is 5.75 Å². The van der Waals surface area contributed by atoms with Gasteiger partial charge >= 0.3 is 0 Å². The number of rotatable bonds is 13. The molecule has 0 aliphatic rings. The van der Waals surface area contributed by atoms with Gasteiger partial charge in [0.2, 0.25) is 11.8 Å². The van der Waals surface area contributed by atoms with Crippen molar-refractivity contribution >= 4 is 39.1 Å². The van der Waals surface area contributed by atoms with Crippen LogP contribution in [0.15, 0.2) is 77.7 Å². The molecule has 1 atom stereocenters. The average molecular weight is 586 g/mol. The van der Waals surface area contributed by atoms with Crippen molar-refractivity contribution in [3.63, 3.8) is 0 Å². The summed E-state index contributed by atoms with van der Waals surface area (Å²) in [5, 5.41) is 3.18. The number of nitrogens with zero attached hydrogens (tertiary/aromatic N) is 2. The molecular weight excluding hydrogens is 550 g/mol. The Balaban J connectivity index is 2.10. The molecule has 3 rings (SSSR count). The molecular formula is C30H36ClN3O5S. The fourth-order valence-corrected chi connectivity index (χ4v) is 5.84. The maximum atomic E-state index is 14.1. The van der Waals surface area contributed by atoms with Crippen LogP contribution in [0, 0.1) is 6.92 Å². The molecule has 0 saturated carbocycles. The topological polar surface area (TPSA) is 96.0 Å². The number of benzene rings is 3. The number of ether oxygens (including phenoxy) is 1. The third-order valence-electron chi connectivity index (χ3n) is 6.32. The number of sulfonamides is 1. The van der Waals surface area contributed by atoms with Crippen LogP contribution in [-0.4, -0.2) is 50.9 Å². The molecule has 0 aliphatic carbocycles. The van der Waals surface area contributed by atoms with Gasteiger partial charge < -0.3 is 15.0 Å². The molecule has 2 amide bonds. The zero-order valence-electron chi connectivity index (χ0n) is 23.3. The molecule has 0 spiro atoms. The normalized spacial score (nSPS) is 11.9. The van der Waals surface area contributed by atoms with E-state index in [9.17, 15) is 18.0 Å². The SMILES string of the molecule is CCNC(=O)[C@@H](CC)N(Cc1ccc(C)cc1)C(=O)CN(c1ccccc1OCC)S(=O)(=O)c1ccc(Cl)cc1. The van der Waals surface area contributed by atoms with Gasteiger partial charge in [-0.1, -0.05) is 60.5 Å². The van der Waals surface area contributed by atoms with E-state index in [2.05, 4.69) is 5.32 Å². The van der Waals surface area contributed by atoms with Crippen molar-refractivity contribution in [1.29, 1.82) is 0 Å². The van der Waals surface area contributed by atoms with E-state index in [1.54, 1.807) is 31.2 Å². The Labute approximate surface area is 241 Å². The summed E-state index contributed by atoms with van der Waals surface area (Å²) < 4.78 is 34.8. The zero-order chi connectivity index (χ0) is 29.3. The van der Waals surface area contributed by atoms with Crippen LogP contribution in [0.2, 0.25) is 5.02 Å². The van der Waals surface area contributed by atoms with E-state index in [-0.39, 0.29) is 23.0 Å². The number of carbonyl (C=O) groups is 2. The Morgan fingerprint density at radius 3 is 2.20 bits per heavy atom. The quantitative estimate of drug-likeness (QED) is 0.298. The average Bonchev–Trinajstić information content (AvgIpc) is 2.93. The Morgan fingerprint density at radius 1 is 0.950 bits per heavy atom. The van der Waals surface area contributed by atoms with Gasteiger partial charge in [-0.3, -0.25) is 13.9 Å². The number of hydrogen-bond acceptors (Lipinski definition) is 5. The van der Waals surface area contributed by atoms with E-state index >= 15 is 0 Å². The lowest BCUT2D eigenvalue weighted by Crippen LogP contribution is -2.52. The summed E-state index contributed by atoms with van der Waals surface area (Å²) >= 11 is 6.02. The first-order valence-electron chi connectivity index (χ1n) is 13.2. The summed E-state index contributed by atoms with van der Waals surface area (Å²) in [6.07, 6.45) is 0.350. The van der Waals surface area contributed by atoms with Gasteiger partial charge in [0.05, 0.1) is 17.2 Å². The summed E-state index contributed by atoms with van der Waals surface area (Å²) in [4.78, 5) is 28.5. The minimum atomic E-state index is -4.24. The lowest BCUT2D eigenvalue weighted by Gasteiger charge is -2.33. The molecule has 0 radical (unpaired) electrons. The van der Waals surface area contributed by atoms with Gasteiger partial charge in [-0.05, 0) is 69.2 Å². The van der Waals surface area contributed by atoms with E-state index in [1.165, 1.54) is 29.2 Å². The Bertz CT molecular complexity index is 1400. The van der Waals surface area contributed by atoms with Crippen LogP contribution in [0.5, 0.6) is 5.75 Å². The summed E-state index contributed by atoms with van der Waals surface area (Å²) in [7, 11) is -4.24.